The number of benzene rings is 5. The van der Waals surface area contributed by atoms with Crippen LogP contribution >= 0.6 is 0 Å². The standard InChI is InChI=1S/C40H61N5O12.C33H58N4O8.C17H26N2O3.C9H22N2.C8H6O4/c1-6-12-38(47)41-19-10-23-52-25-27-54-28-26-53-24-11-20-44(32(5)46)30-34-29-33(31-55-40(49)56-36-16-14-35(15-17-36)45(50)51)13-18-37(34)57-39(48)43(9-4)22-21-42(7-2)8-3;1-6-12-32(40)34-15-10-19-42-21-23-44-24-22-43-20-11-16-37(28(5)39)26-30-25-29(27-38)13-14-31(30)45-33(41)36(9-4)18-17-35(7-2)8-3;1-18-10-6-4-2-3-5-7-11-19-17(22)15-12-14(13-20)8-9-16(15)21;1-11-9-7-5-3-2-4-6-8-10;9-4-5-1-2-7(10)6(3-5)8(11)12/h13-18,29H,6-12,19-28,30-31H2,1-5H3,(H,41,47);13-14,25,38H,6-12,15-24,26-27H2,1-5H3,(H,34,40);8-9,12-13,18,21H,2-7,10-11H2,1H3,(H,19,22);11H,2-10H2,1H3;1-4,10H,(H,11,12). The van der Waals surface area contributed by atoms with Crippen molar-refractivity contribution in [2.75, 3.05) is 211 Å². The summed E-state index contributed by atoms with van der Waals surface area (Å²) in [6.45, 7) is 37.1. The van der Waals surface area contributed by atoms with Crippen LogP contribution in [-0.2, 0) is 78.6 Å². The van der Waals surface area contributed by atoms with Crippen molar-refractivity contribution >= 4 is 72.1 Å². The smallest absolute Gasteiger partial charge is 0.507 e. The van der Waals surface area contributed by atoms with Crippen molar-refractivity contribution < 1.29 is 125 Å². The zero-order valence-corrected chi connectivity index (χ0v) is 89.5. The van der Waals surface area contributed by atoms with Crippen LogP contribution in [0.3, 0.4) is 0 Å². The predicted molar refractivity (Wildman–Crippen MR) is 565 cm³/mol. The van der Waals surface area contributed by atoms with E-state index < -0.39 is 29.2 Å². The number of hydrogen-bond donors (Lipinski definition) is 10. The first-order valence-electron chi connectivity index (χ1n) is 51.9. The molecule has 0 bridgehead atoms. The van der Waals surface area contributed by atoms with E-state index in [1.165, 1.54) is 133 Å². The van der Waals surface area contributed by atoms with Gasteiger partial charge in [-0.25, -0.2) is 19.2 Å². The quantitative estimate of drug-likeness (QED) is 0.00431. The Kier molecular flexibility index (Phi) is 79.6. The molecule has 5 aromatic carbocycles. The van der Waals surface area contributed by atoms with Gasteiger partial charge in [-0.2, -0.15) is 0 Å². The number of aldehydes is 2. The molecule has 0 radical (unpaired) electrons. The second-order valence-corrected chi connectivity index (χ2v) is 34.1. The highest BCUT2D eigenvalue weighted by atomic mass is 16.7. The molecule has 5 rings (SSSR count). The third-order valence-corrected chi connectivity index (χ3v) is 22.7. The van der Waals surface area contributed by atoms with E-state index in [0.29, 0.717) is 217 Å². The third-order valence-electron chi connectivity index (χ3n) is 22.7. The van der Waals surface area contributed by atoms with Crippen LogP contribution in [0, 0.1) is 10.1 Å². The predicted octanol–water partition coefficient (Wildman–Crippen LogP) is 13.9. The van der Waals surface area contributed by atoms with E-state index in [1.54, 1.807) is 56.0 Å². The molecule has 40 nitrogen and oxygen atoms in total. The molecule has 0 aliphatic carbocycles. The Balaban J connectivity index is 0.00000105. The van der Waals surface area contributed by atoms with Gasteiger partial charge in [0.2, 0.25) is 23.6 Å². The molecule has 7 amide bonds. The molecule has 147 heavy (non-hydrogen) atoms. The number of aliphatic hydroxyl groups is 1. The summed E-state index contributed by atoms with van der Waals surface area (Å²) in [6.07, 6.45) is 19.4. The van der Waals surface area contributed by atoms with Gasteiger partial charge < -0.3 is 130 Å². The lowest BCUT2D eigenvalue weighted by molar-refractivity contribution is -0.384. The molecule has 0 aromatic heterocycles. The molecule has 0 fully saturated rings. The van der Waals surface area contributed by atoms with Crippen molar-refractivity contribution in [3.63, 3.8) is 0 Å². The Morgan fingerprint density at radius 1 is 0.415 bits per heavy atom. The molecule has 0 aliphatic rings. The molecule has 828 valence electrons. The number of phenols is 2. The Morgan fingerprint density at radius 3 is 1.18 bits per heavy atom. The number of nitrogens with zero attached hydrogens (tertiary/aromatic N) is 7. The number of aliphatic hydroxyl groups excluding tert-OH is 1. The minimum absolute atomic E-state index is 0.0577. The molecule has 0 atom stereocenters. The fourth-order valence-electron chi connectivity index (χ4n) is 14.0. The normalized spacial score (nSPS) is 10.7. The second-order valence-electron chi connectivity index (χ2n) is 34.1. The summed E-state index contributed by atoms with van der Waals surface area (Å²) < 4.78 is 55.6. The summed E-state index contributed by atoms with van der Waals surface area (Å²) in [5.41, 5.74) is 8.13. The molecular formula is C107H173N13O27. The maximum Gasteiger partial charge on any atom is 0.514 e. The van der Waals surface area contributed by atoms with Crippen LogP contribution in [-0.4, -0.2) is 332 Å². The fourth-order valence-corrected chi connectivity index (χ4v) is 14.0. The summed E-state index contributed by atoms with van der Waals surface area (Å²) >= 11 is 0. The van der Waals surface area contributed by atoms with Gasteiger partial charge in [0.1, 0.15) is 53.5 Å². The number of carboxylic acid groups (broad SMARTS) is 1. The van der Waals surface area contributed by atoms with Crippen LogP contribution in [0.15, 0.2) is 97.1 Å². The van der Waals surface area contributed by atoms with Crippen LogP contribution in [0.2, 0.25) is 0 Å². The van der Waals surface area contributed by atoms with Crippen molar-refractivity contribution in [1.29, 1.82) is 0 Å². The zero-order valence-electron chi connectivity index (χ0n) is 89.5. The van der Waals surface area contributed by atoms with Crippen molar-refractivity contribution in [3.05, 3.63) is 152 Å². The van der Waals surface area contributed by atoms with Gasteiger partial charge >= 0.3 is 24.3 Å². The molecule has 40 heteroatoms. The molecule has 0 heterocycles. The molecule has 0 aliphatic heterocycles. The van der Waals surface area contributed by atoms with Gasteiger partial charge in [-0.15, -0.1) is 0 Å². The van der Waals surface area contributed by atoms with Gasteiger partial charge in [-0.05, 0) is 222 Å². The lowest BCUT2D eigenvalue weighted by atomic mass is 10.1. The number of aromatic carboxylic acids is 1. The van der Waals surface area contributed by atoms with Gasteiger partial charge in [0, 0.05) is 173 Å². The van der Waals surface area contributed by atoms with Crippen molar-refractivity contribution in [2.45, 2.75) is 224 Å². The van der Waals surface area contributed by atoms with E-state index in [1.807, 2.05) is 41.8 Å². The minimum atomic E-state index is -1.25. The topological polar surface area (TPSA) is 510 Å². The zero-order chi connectivity index (χ0) is 109. The summed E-state index contributed by atoms with van der Waals surface area (Å²) in [5, 5.41) is 62.5. The van der Waals surface area contributed by atoms with Crippen LogP contribution in [0.1, 0.15) is 261 Å². The Hall–Kier alpha value is -11.4. The highest BCUT2D eigenvalue weighted by Gasteiger charge is 2.24. The lowest BCUT2D eigenvalue weighted by Crippen LogP contribution is -2.40. The maximum atomic E-state index is 13.3. The van der Waals surface area contributed by atoms with Gasteiger partial charge in [0.05, 0.1) is 69.9 Å². The number of unbranched alkanes of at least 4 members (excludes halogenated alkanes) is 10. The number of phenolic OH excluding ortho intramolecular Hbond substituents is 1. The summed E-state index contributed by atoms with van der Waals surface area (Å²) in [7, 11) is 3.97. The van der Waals surface area contributed by atoms with Crippen molar-refractivity contribution in [3.8, 4) is 28.7 Å². The largest absolute Gasteiger partial charge is 0.514 e. The number of ether oxygens (including phenoxy) is 10. The number of rotatable bonds is 76. The number of nitrogens with one attached hydrogen (secondary N) is 5. The molecule has 0 unspecified atom stereocenters. The van der Waals surface area contributed by atoms with Crippen molar-refractivity contribution in [2.24, 2.45) is 5.73 Å². The highest BCUT2D eigenvalue weighted by molar-refractivity contribution is 5.98. The number of carbonyl (C=O) groups excluding carboxylic acids is 10. The molecule has 0 saturated heterocycles. The first-order valence-corrected chi connectivity index (χ1v) is 51.9. The highest BCUT2D eigenvalue weighted by Crippen LogP contribution is 2.28. The van der Waals surface area contributed by atoms with E-state index >= 15 is 0 Å². The number of nitro groups is 1. The van der Waals surface area contributed by atoms with Gasteiger partial charge in [0.15, 0.2) is 0 Å². The average Bonchev–Trinajstić information content (AvgIpc) is 0.827. The Morgan fingerprint density at radius 2 is 0.796 bits per heavy atom. The number of carboxylic acids is 1. The van der Waals surface area contributed by atoms with Crippen molar-refractivity contribution in [1.82, 2.24) is 56.0 Å². The molecule has 11 N–H and O–H groups in total. The van der Waals surface area contributed by atoms with E-state index in [2.05, 4.69) is 64.1 Å². The maximum absolute atomic E-state index is 13.3. The number of hydrogen-bond acceptors (Lipinski definition) is 31. The first kappa shape index (κ1) is 134. The van der Waals surface area contributed by atoms with Crippen LogP contribution < -0.4 is 46.5 Å². The fraction of sp³-hybridized carbons (Fsp3) is 0.617. The van der Waals surface area contributed by atoms with E-state index in [9.17, 15) is 73.1 Å². The second kappa shape index (κ2) is 87.6. The molecule has 0 spiro atoms. The number of carbonyl (C=O) groups is 11. The van der Waals surface area contributed by atoms with Crippen LogP contribution in [0.5, 0.6) is 28.7 Å². The number of likely N-dealkylation sites (N-methyl/N-ethyl adjacent to an activating group) is 4. The Labute approximate surface area is 870 Å². The monoisotopic (exact) mass is 2070 g/mol. The van der Waals surface area contributed by atoms with E-state index in [0.717, 1.165) is 96.9 Å². The van der Waals surface area contributed by atoms with Crippen LogP contribution in [0.25, 0.3) is 0 Å². The average molecular weight is 2070 g/mol. The molecular weight excluding hydrogens is 1900 g/mol. The summed E-state index contributed by atoms with van der Waals surface area (Å²) in [6, 6.07) is 23.0. The Bertz CT molecular complexity index is 4430. The first-order chi connectivity index (χ1) is 71.0. The number of aromatic hydroxyl groups is 2. The number of nitro benzene ring substituents is 1. The molecule has 5 aromatic rings. The third kappa shape index (κ3) is 65.1. The minimum Gasteiger partial charge on any atom is -0.507 e. The summed E-state index contributed by atoms with van der Waals surface area (Å²) in [5.74, 6) is -1.48. The summed E-state index contributed by atoms with van der Waals surface area (Å²) in [4.78, 5) is 152. The van der Waals surface area contributed by atoms with E-state index in [4.69, 9.17) is 63.3 Å². The lowest BCUT2D eigenvalue weighted by Gasteiger charge is -2.26. The van der Waals surface area contributed by atoms with E-state index in [-0.39, 0.29) is 101 Å². The number of amides is 7. The SMILES string of the molecule is CCCC(=O)NCCCOCCOCCOCCCN(Cc1cc(CO)ccc1OC(=O)N(CC)CCN(CC)CC)C(C)=O.CCCC(=O)NCCCOCCOCCOCCCN(Cc1cc(COC(=O)Oc2ccc([N+](=O)[O-])cc2)ccc1OC(=O)N(CC)CCN(CC)CC)C(C)=O.CNCCCCCCCCN.CNCCCCCCCCNC(=O)c1cc(C=O)ccc1O.O=Cc1ccc(O)c(C(=O)O)c1. The number of non-ortho nitro benzene ring substituents is 1. The van der Waals surface area contributed by atoms with Gasteiger partial charge in [0.25, 0.3) is 11.6 Å². The van der Waals surface area contributed by atoms with Gasteiger partial charge in [-0.1, -0.05) is 105 Å². The van der Waals surface area contributed by atoms with Gasteiger partial charge in [-0.3, -0.25) is 43.7 Å². The number of nitrogens with two attached hydrogens (primary N) is 1. The molecule has 0 saturated carbocycles. The van der Waals surface area contributed by atoms with Crippen LogP contribution in [0.4, 0.5) is 20.1 Å².